The molecule has 1 N–H and O–H groups in total. The molecule has 0 saturated heterocycles. The predicted molar refractivity (Wildman–Crippen MR) is 48.8 cm³/mol. The van der Waals surface area contributed by atoms with Crippen LogP contribution in [0.5, 0.6) is 0 Å². The first-order chi connectivity index (χ1) is 5.86. The van der Waals surface area contributed by atoms with E-state index in [0.717, 1.165) is 6.04 Å². The van der Waals surface area contributed by atoms with Gasteiger partial charge in [0.2, 0.25) is 0 Å². The molecule has 1 aliphatic carbocycles. The first-order valence-corrected chi connectivity index (χ1v) is 4.52. The lowest BCUT2D eigenvalue weighted by atomic mass is 10.1. The van der Waals surface area contributed by atoms with Crippen molar-refractivity contribution in [1.82, 2.24) is 10.3 Å². The van der Waals surface area contributed by atoms with Gasteiger partial charge in [0.25, 0.3) is 0 Å². The van der Waals surface area contributed by atoms with Gasteiger partial charge < -0.3 is 5.32 Å². The molecule has 2 heteroatoms. The Morgan fingerprint density at radius 1 is 1.58 bits per heavy atom. The maximum atomic E-state index is 4.09. The van der Waals surface area contributed by atoms with E-state index in [2.05, 4.69) is 23.3 Å². The average molecular weight is 162 g/mol. The van der Waals surface area contributed by atoms with Crippen LogP contribution in [0, 0.1) is 0 Å². The third-order valence-corrected chi connectivity index (χ3v) is 2.25. The van der Waals surface area contributed by atoms with Crippen molar-refractivity contribution in [3.05, 3.63) is 30.1 Å². The number of hydrogen-bond donors (Lipinski definition) is 1. The number of rotatable bonds is 3. The van der Waals surface area contributed by atoms with Crippen molar-refractivity contribution in [1.29, 1.82) is 0 Å². The lowest BCUT2D eigenvalue weighted by molar-refractivity contribution is 0.569. The Labute approximate surface area is 73.0 Å². The molecule has 1 aromatic rings. The molecule has 2 nitrogen and oxygen atoms in total. The standard InChI is InChI=1S/C10H14N2/c1-8(12-10-4-5-10)9-3-2-6-11-7-9/h2-3,6-8,10,12H,4-5H2,1H3/t8-/m1/s1. The highest BCUT2D eigenvalue weighted by Gasteiger charge is 2.22. The molecule has 1 heterocycles. The summed E-state index contributed by atoms with van der Waals surface area (Å²) in [5.74, 6) is 0. The van der Waals surface area contributed by atoms with E-state index >= 15 is 0 Å². The molecule has 12 heavy (non-hydrogen) atoms. The molecule has 0 radical (unpaired) electrons. The second-order valence-electron chi connectivity index (χ2n) is 3.45. The number of pyridine rings is 1. The Bertz CT molecular complexity index is 241. The van der Waals surface area contributed by atoms with Gasteiger partial charge in [0.1, 0.15) is 0 Å². The van der Waals surface area contributed by atoms with Gasteiger partial charge in [0.15, 0.2) is 0 Å². The topological polar surface area (TPSA) is 24.9 Å². The Balaban J connectivity index is 1.98. The van der Waals surface area contributed by atoms with Gasteiger partial charge in [-0.25, -0.2) is 0 Å². The molecule has 1 saturated carbocycles. The van der Waals surface area contributed by atoms with E-state index in [1.807, 2.05) is 18.5 Å². The lowest BCUT2D eigenvalue weighted by Crippen LogP contribution is -2.20. The number of aromatic nitrogens is 1. The highest BCUT2D eigenvalue weighted by atomic mass is 15.0. The molecule has 1 atom stereocenters. The number of hydrogen-bond acceptors (Lipinski definition) is 2. The zero-order valence-electron chi connectivity index (χ0n) is 7.33. The summed E-state index contributed by atoms with van der Waals surface area (Å²) in [5.41, 5.74) is 1.28. The van der Waals surface area contributed by atoms with Crippen LogP contribution in [0.2, 0.25) is 0 Å². The summed E-state index contributed by atoms with van der Waals surface area (Å²) in [5, 5.41) is 3.53. The van der Waals surface area contributed by atoms with Crippen molar-refractivity contribution < 1.29 is 0 Å². The molecule has 0 bridgehead atoms. The van der Waals surface area contributed by atoms with Crippen LogP contribution in [0.1, 0.15) is 31.4 Å². The second kappa shape index (κ2) is 3.23. The van der Waals surface area contributed by atoms with Gasteiger partial charge in [-0.15, -0.1) is 0 Å². The van der Waals surface area contributed by atoms with Crippen LogP contribution in [-0.2, 0) is 0 Å². The first kappa shape index (κ1) is 7.74. The summed E-state index contributed by atoms with van der Waals surface area (Å²) < 4.78 is 0. The molecule has 2 rings (SSSR count). The highest BCUT2D eigenvalue weighted by molar-refractivity contribution is 5.13. The predicted octanol–water partition coefficient (Wildman–Crippen LogP) is 1.89. The van der Waals surface area contributed by atoms with Crippen LogP contribution in [0.15, 0.2) is 24.5 Å². The van der Waals surface area contributed by atoms with Crippen LogP contribution in [0.3, 0.4) is 0 Å². The minimum absolute atomic E-state index is 0.450. The van der Waals surface area contributed by atoms with E-state index in [1.54, 1.807) is 0 Å². The Morgan fingerprint density at radius 3 is 3.00 bits per heavy atom. The molecular formula is C10H14N2. The van der Waals surface area contributed by atoms with E-state index in [-0.39, 0.29) is 0 Å². The smallest absolute Gasteiger partial charge is 0.0315 e. The zero-order chi connectivity index (χ0) is 8.39. The van der Waals surface area contributed by atoms with Crippen LogP contribution in [-0.4, -0.2) is 11.0 Å². The first-order valence-electron chi connectivity index (χ1n) is 4.52. The van der Waals surface area contributed by atoms with Crippen molar-refractivity contribution in [3.8, 4) is 0 Å². The maximum Gasteiger partial charge on any atom is 0.0315 e. The molecule has 0 unspecified atom stereocenters. The summed E-state index contributed by atoms with van der Waals surface area (Å²) >= 11 is 0. The van der Waals surface area contributed by atoms with Crippen molar-refractivity contribution in [3.63, 3.8) is 0 Å². The monoisotopic (exact) mass is 162 g/mol. The Morgan fingerprint density at radius 2 is 2.42 bits per heavy atom. The molecule has 0 spiro atoms. The Kier molecular flexibility index (Phi) is 2.09. The molecule has 64 valence electrons. The fourth-order valence-electron chi connectivity index (χ4n) is 1.33. The largest absolute Gasteiger partial charge is 0.307 e. The van der Waals surface area contributed by atoms with Gasteiger partial charge in [0, 0.05) is 24.5 Å². The molecule has 0 aliphatic heterocycles. The molecular weight excluding hydrogens is 148 g/mol. The molecule has 1 fully saturated rings. The summed E-state index contributed by atoms with van der Waals surface area (Å²) in [4.78, 5) is 4.09. The van der Waals surface area contributed by atoms with Crippen LogP contribution in [0.25, 0.3) is 0 Å². The summed E-state index contributed by atoms with van der Waals surface area (Å²) in [6.07, 6.45) is 6.42. The highest BCUT2D eigenvalue weighted by Crippen LogP contribution is 2.23. The number of nitrogens with zero attached hydrogens (tertiary/aromatic N) is 1. The number of nitrogens with one attached hydrogen (secondary N) is 1. The van der Waals surface area contributed by atoms with Gasteiger partial charge >= 0.3 is 0 Å². The van der Waals surface area contributed by atoms with Crippen LogP contribution in [0.4, 0.5) is 0 Å². The van der Waals surface area contributed by atoms with Crippen molar-refractivity contribution >= 4 is 0 Å². The van der Waals surface area contributed by atoms with Gasteiger partial charge in [-0.05, 0) is 31.4 Å². The minimum Gasteiger partial charge on any atom is -0.307 e. The summed E-state index contributed by atoms with van der Waals surface area (Å²) in [6, 6.07) is 5.32. The normalized spacial score (nSPS) is 19.1. The fourth-order valence-corrected chi connectivity index (χ4v) is 1.33. The van der Waals surface area contributed by atoms with Gasteiger partial charge in [-0.3, -0.25) is 4.98 Å². The third kappa shape index (κ3) is 1.83. The van der Waals surface area contributed by atoms with Crippen LogP contribution < -0.4 is 5.32 Å². The SMILES string of the molecule is C[C@@H](NC1CC1)c1cccnc1. The molecule has 0 aromatic carbocycles. The zero-order valence-corrected chi connectivity index (χ0v) is 7.33. The quantitative estimate of drug-likeness (QED) is 0.734. The molecule has 1 aromatic heterocycles. The fraction of sp³-hybridized carbons (Fsp3) is 0.500. The van der Waals surface area contributed by atoms with Crippen LogP contribution >= 0.6 is 0 Å². The second-order valence-corrected chi connectivity index (χ2v) is 3.45. The third-order valence-electron chi connectivity index (χ3n) is 2.25. The van der Waals surface area contributed by atoms with E-state index in [0.29, 0.717) is 6.04 Å². The van der Waals surface area contributed by atoms with Crippen molar-refractivity contribution in [2.24, 2.45) is 0 Å². The van der Waals surface area contributed by atoms with Gasteiger partial charge in [-0.2, -0.15) is 0 Å². The lowest BCUT2D eigenvalue weighted by Gasteiger charge is -2.12. The van der Waals surface area contributed by atoms with Gasteiger partial charge in [-0.1, -0.05) is 6.07 Å². The summed E-state index contributed by atoms with van der Waals surface area (Å²) in [7, 11) is 0. The molecule has 0 amide bonds. The Hall–Kier alpha value is -0.890. The molecule has 1 aliphatic rings. The van der Waals surface area contributed by atoms with E-state index in [1.165, 1.54) is 18.4 Å². The van der Waals surface area contributed by atoms with E-state index in [9.17, 15) is 0 Å². The maximum absolute atomic E-state index is 4.09. The minimum atomic E-state index is 0.450. The summed E-state index contributed by atoms with van der Waals surface area (Å²) in [6.45, 7) is 2.19. The van der Waals surface area contributed by atoms with Crippen molar-refractivity contribution in [2.45, 2.75) is 31.8 Å². The average Bonchev–Trinajstić information content (AvgIpc) is 2.90. The van der Waals surface area contributed by atoms with Gasteiger partial charge in [0.05, 0.1) is 0 Å². The van der Waals surface area contributed by atoms with Crippen molar-refractivity contribution in [2.75, 3.05) is 0 Å². The van der Waals surface area contributed by atoms with E-state index < -0.39 is 0 Å². The van der Waals surface area contributed by atoms with E-state index in [4.69, 9.17) is 0 Å².